The minimum Gasteiger partial charge on any atom is -0.381 e. The molecule has 0 atom stereocenters. The maximum Gasteiger partial charge on any atom is 0.296 e. The quantitative estimate of drug-likeness (QED) is 0.285. The third-order valence-electron chi connectivity index (χ3n) is 4.59. The summed E-state index contributed by atoms with van der Waals surface area (Å²) < 4.78 is 4.94. The van der Waals surface area contributed by atoms with Crippen LogP contribution in [0.25, 0.3) is 0 Å². The summed E-state index contributed by atoms with van der Waals surface area (Å²) >= 11 is 0. The number of nitrogens with zero attached hydrogens (tertiary/aromatic N) is 2. The predicted molar refractivity (Wildman–Crippen MR) is 145 cm³/mol. The molecule has 12 heteroatoms. The van der Waals surface area contributed by atoms with Gasteiger partial charge >= 0.3 is 0 Å². The summed E-state index contributed by atoms with van der Waals surface area (Å²) in [7, 11) is 0. The highest BCUT2D eigenvalue weighted by molar-refractivity contribution is 5.94. The maximum absolute atomic E-state index is 11.2. The first-order valence-corrected chi connectivity index (χ1v) is 12.1. The molecular weight excluding hydrogens is 506 g/mol. The van der Waals surface area contributed by atoms with E-state index in [0.29, 0.717) is 30.8 Å². The smallest absolute Gasteiger partial charge is 0.296 e. The van der Waals surface area contributed by atoms with E-state index in [2.05, 4.69) is 34.3 Å². The number of nitro groups is 2. The molecule has 0 unspecified atom stereocenters. The molecule has 0 aromatic heterocycles. The van der Waals surface area contributed by atoms with Crippen molar-refractivity contribution >= 4 is 23.2 Å². The minimum atomic E-state index is -0.495. The number of nitrogens with one attached hydrogen (secondary N) is 2. The Bertz CT molecular complexity index is 1100. The summed E-state index contributed by atoms with van der Waals surface area (Å²) in [6.07, 6.45) is 3.41. The van der Waals surface area contributed by atoms with Crippen LogP contribution in [0.2, 0.25) is 0 Å². The first-order chi connectivity index (χ1) is 18.8. The lowest BCUT2D eigenvalue weighted by Gasteiger charge is -1.94. The highest BCUT2D eigenvalue weighted by Crippen LogP contribution is 2.11. The topological polar surface area (TPSA) is 180 Å². The van der Waals surface area contributed by atoms with Gasteiger partial charge in [0.15, 0.2) is 0 Å². The van der Waals surface area contributed by atoms with Gasteiger partial charge in [0.2, 0.25) is 0 Å². The van der Waals surface area contributed by atoms with E-state index in [1.807, 2.05) is 6.92 Å². The summed E-state index contributed by atoms with van der Waals surface area (Å²) in [5, 5.41) is 25.9. The molecule has 4 N–H and O–H groups in total. The Morgan fingerprint density at radius 3 is 1.54 bits per heavy atom. The number of hydrogen-bond acceptors (Lipinski definition) is 8. The Morgan fingerprint density at radius 2 is 1.23 bits per heavy atom. The van der Waals surface area contributed by atoms with Gasteiger partial charge in [-0.25, -0.2) is 0 Å². The first kappa shape index (κ1) is 32.2. The normalized spacial score (nSPS) is 10.9. The monoisotopic (exact) mass is 537 g/mol. The fraction of sp³-hybridized carbons (Fsp3) is 0.333. The van der Waals surface area contributed by atoms with E-state index < -0.39 is 15.8 Å². The second-order valence-electron chi connectivity index (χ2n) is 7.73. The lowest BCUT2D eigenvalue weighted by molar-refractivity contribution is -0.385. The predicted octanol–water partition coefficient (Wildman–Crippen LogP) is 2.29. The molecule has 39 heavy (non-hydrogen) atoms. The molecule has 1 fully saturated rings. The van der Waals surface area contributed by atoms with Crippen LogP contribution in [0, 0.1) is 43.9 Å². The Labute approximate surface area is 226 Å². The fourth-order valence-corrected chi connectivity index (χ4v) is 2.61. The van der Waals surface area contributed by atoms with Crippen LogP contribution in [0.5, 0.6) is 0 Å². The van der Waals surface area contributed by atoms with Gasteiger partial charge in [0.25, 0.3) is 23.2 Å². The largest absolute Gasteiger partial charge is 0.381 e. The molecular formula is C27H31N5O7. The maximum atomic E-state index is 11.2. The van der Waals surface area contributed by atoms with Crippen LogP contribution in [-0.2, 0) is 14.3 Å². The number of amides is 2. The molecule has 2 amide bonds. The van der Waals surface area contributed by atoms with E-state index in [1.165, 1.54) is 61.4 Å². The molecule has 12 nitrogen and oxygen atoms in total. The zero-order chi connectivity index (χ0) is 28.9. The van der Waals surface area contributed by atoms with Gasteiger partial charge in [-0.1, -0.05) is 18.8 Å². The number of non-ortho nitro benzene ring substituents is 2. The Balaban J connectivity index is 0.000000330. The number of nitro benzene ring substituents is 2. The van der Waals surface area contributed by atoms with E-state index in [-0.39, 0.29) is 17.3 Å². The Kier molecular flexibility index (Phi) is 16.0. The first-order valence-electron chi connectivity index (χ1n) is 12.1. The average Bonchev–Trinajstić information content (AvgIpc) is 3.54. The molecule has 0 spiro atoms. The van der Waals surface area contributed by atoms with Crippen LogP contribution in [-0.4, -0.2) is 54.5 Å². The van der Waals surface area contributed by atoms with Crippen molar-refractivity contribution in [2.24, 2.45) is 5.73 Å². The number of nitrogens with two attached hydrogens (primary N) is 1. The molecule has 1 saturated heterocycles. The molecule has 0 bridgehead atoms. The number of carbonyl (C=O) groups is 2. The van der Waals surface area contributed by atoms with Crippen LogP contribution < -0.4 is 16.4 Å². The molecule has 2 aromatic rings. The molecule has 2 aromatic carbocycles. The molecule has 0 saturated carbocycles. The fourth-order valence-electron chi connectivity index (χ4n) is 2.61. The van der Waals surface area contributed by atoms with Gasteiger partial charge in [-0.05, 0) is 43.5 Å². The Morgan fingerprint density at radius 1 is 0.821 bits per heavy atom. The van der Waals surface area contributed by atoms with Gasteiger partial charge in [-0.2, -0.15) is 0 Å². The molecule has 206 valence electrons. The SMILES string of the molecule is C1CCOC1.CCCNC(=O)C#Cc1ccc([N+](=O)[O-])cc1.NCCNC(=O)C#Cc1ccc([N+](=O)[O-])cc1. The van der Waals surface area contributed by atoms with Gasteiger partial charge in [0.05, 0.1) is 9.85 Å². The highest BCUT2D eigenvalue weighted by atomic mass is 16.6. The summed E-state index contributed by atoms with van der Waals surface area (Å²) in [6, 6.07) is 11.4. The number of carbonyl (C=O) groups excluding carboxylic acids is 2. The van der Waals surface area contributed by atoms with Crippen molar-refractivity contribution in [3.8, 4) is 23.7 Å². The van der Waals surface area contributed by atoms with E-state index in [4.69, 9.17) is 10.5 Å². The molecule has 1 heterocycles. The third-order valence-corrected chi connectivity index (χ3v) is 4.59. The van der Waals surface area contributed by atoms with Crippen molar-refractivity contribution in [3.63, 3.8) is 0 Å². The van der Waals surface area contributed by atoms with Crippen molar-refractivity contribution < 1.29 is 24.2 Å². The molecule has 1 aliphatic rings. The summed E-state index contributed by atoms with van der Waals surface area (Å²) in [4.78, 5) is 42.1. The standard InChI is InChI=1S/C12H12N2O3.C11H11N3O3.C4H8O/c1-2-9-13-12(15)8-5-10-3-6-11(7-4-10)14(16)17;12-7-8-13-11(15)6-3-9-1-4-10(5-2-9)14(16)17;1-2-4-5-3-1/h3-4,6-7H,2,9H2,1H3,(H,13,15);1-2,4-5H,7-8,12H2,(H,13,15);1-4H2. The Hall–Kier alpha value is -4.78. The minimum absolute atomic E-state index is 0.00554. The molecule has 1 aliphatic heterocycles. The molecule has 3 rings (SSSR count). The lowest BCUT2D eigenvalue weighted by Crippen LogP contribution is -2.27. The van der Waals surface area contributed by atoms with Crippen LogP contribution >= 0.6 is 0 Å². The molecule has 0 radical (unpaired) electrons. The highest BCUT2D eigenvalue weighted by Gasteiger charge is 2.03. The van der Waals surface area contributed by atoms with Gasteiger partial charge in [0.1, 0.15) is 0 Å². The number of hydrogen-bond donors (Lipinski definition) is 3. The second kappa shape index (κ2) is 19.3. The van der Waals surface area contributed by atoms with Crippen LogP contribution in [0.1, 0.15) is 37.3 Å². The number of ether oxygens (including phenoxy) is 1. The summed E-state index contributed by atoms with van der Waals surface area (Å²) in [6.45, 7) is 5.26. The van der Waals surface area contributed by atoms with Gasteiger partial charge < -0.3 is 21.1 Å². The van der Waals surface area contributed by atoms with Gasteiger partial charge in [-0.15, -0.1) is 0 Å². The molecule has 0 aliphatic carbocycles. The van der Waals surface area contributed by atoms with Crippen molar-refractivity contribution in [2.75, 3.05) is 32.8 Å². The van der Waals surface area contributed by atoms with Crippen molar-refractivity contribution in [2.45, 2.75) is 26.2 Å². The van der Waals surface area contributed by atoms with Crippen LogP contribution in [0.15, 0.2) is 48.5 Å². The van der Waals surface area contributed by atoms with Crippen molar-refractivity contribution in [3.05, 3.63) is 79.9 Å². The zero-order valence-corrected chi connectivity index (χ0v) is 21.6. The number of rotatable bonds is 6. The van der Waals surface area contributed by atoms with E-state index in [1.54, 1.807) is 0 Å². The third kappa shape index (κ3) is 15.2. The lowest BCUT2D eigenvalue weighted by atomic mass is 10.2. The van der Waals surface area contributed by atoms with E-state index >= 15 is 0 Å². The number of benzene rings is 2. The summed E-state index contributed by atoms with van der Waals surface area (Å²) in [5.41, 5.74) is 6.31. The van der Waals surface area contributed by atoms with Crippen LogP contribution in [0.3, 0.4) is 0 Å². The van der Waals surface area contributed by atoms with Crippen molar-refractivity contribution in [1.29, 1.82) is 0 Å². The van der Waals surface area contributed by atoms with Crippen molar-refractivity contribution in [1.82, 2.24) is 10.6 Å². The average molecular weight is 538 g/mol. The van der Waals surface area contributed by atoms with Gasteiger partial charge in [0, 0.05) is 80.1 Å². The zero-order valence-electron chi connectivity index (χ0n) is 21.6. The van der Waals surface area contributed by atoms with Gasteiger partial charge in [-0.3, -0.25) is 29.8 Å². The van der Waals surface area contributed by atoms with E-state index in [0.717, 1.165) is 19.6 Å². The van der Waals surface area contributed by atoms with E-state index in [9.17, 15) is 29.8 Å². The summed E-state index contributed by atoms with van der Waals surface area (Å²) in [5.74, 6) is 9.23. The van der Waals surface area contributed by atoms with Crippen LogP contribution in [0.4, 0.5) is 11.4 Å². The second-order valence-corrected chi connectivity index (χ2v) is 7.73.